The van der Waals surface area contributed by atoms with E-state index in [4.69, 9.17) is 0 Å². The molecule has 0 unspecified atom stereocenters. The molecule has 16 heteroatoms. The molecule has 228 valence electrons. The van der Waals surface area contributed by atoms with Crippen molar-refractivity contribution in [2.24, 2.45) is 5.92 Å². The first kappa shape index (κ1) is 33.8. The summed E-state index contributed by atoms with van der Waals surface area (Å²) in [5, 5.41) is 6.41. The van der Waals surface area contributed by atoms with Crippen LogP contribution in [0, 0.1) is 5.92 Å². The molecular weight excluding hydrogens is 589 g/mol. The number of anilines is 1. The zero-order valence-corrected chi connectivity index (χ0v) is 21.6. The van der Waals surface area contributed by atoms with E-state index in [-0.39, 0.29) is 18.5 Å². The number of carbonyl (C=O) groups is 4. The molecule has 7 nitrogen and oxygen atoms in total. The Hall–Kier alpha value is -4.37. The molecule has 42 heavy (non-hydrogen) atoms. The highest BCUT2D eigenvalue weighted by Gasteiger charge is 2.54. The molecule has 0 fully saturated rings. The maximum Gasteiger partial charge on any atom is 0.458 e. The van der Waals surface area contributed by atoms with Crippen molar-refractivity contribution in [3.8, 4) is 0 Å². The molecule has 0 bridgehead atoms. The van der Waals surface area contributed by atoms with Crippen molar-refractivity contribution in [3.05, 3.63) is 65.9 Å². The Morgan fingerprint density at radius 1 is 0.786 bits per heavy atom. The van der Waals surface area contributed by atoms with Gasteiger partial charge in [0.05, 0.1) is 11.1 Å². The summed E-state index contributed by atoms with van der Waals surface area (Å²) in [4.78, 5) is 47.1. The summed E-state index contributed by atoms with van der Waals surface area (Å²) in [6.07, 6.45) is -14.4. The largest absolute Gasteiger partial charge is 0.458 e. The molecule has 3 aromatic rings. The number of alkyl halides is 9. The molecule has 1 amide bonds. The van der Waals surface area contributed by atoms with Crippen molar-refractivity contribution in [2.75, 3.05) is 11.9 Å². The Bertz CT molecular complexity index is 1400. The molecule has 0 aliphatic rings. The van der Waals surface area contributed by atoms with Gasteiger partial charge in [0.15, 0.2) is 0 Å². The number of carbonyl (C=O) groups excluding carboxylic acids is 4. The third kappa shape index (κ3) is 9.07. The number of nitrogens with one attached hydrogen (secondary N) is 3. The van der Waals surface area contributed by atoms with Crippen molar-refractivity contribution in [3.63, 3.8) is 0 Å². The summed E-state index contributed by atoms with van der Waals surface area (Å²) in [5.41, 5.74) is 0.822. The monoisotopic (exact) mass is 611 g/mol. The molecular formula is C26H22F9N3O4. The zero-order chi connectivity index (χ0) is 32.0. The molecule has 0 aliphatic heterocycles. The van der Waals surface area contributed by atoms with Crippen LogP contribution in [0.25, 0.3) is 10.9 Å². The highest BCUT2D eigenvalue weighted by atomic mass is 19.4. The molecule has 3 rings (SSSR count). The predicted octanol–water partition coefficient (Wildman–Crippen LogP) is 5.87. The SMILES string of the molecule is CC(C)[C@H](CNC(=O)C(=O)c1c[nH]c2ccccc12)Nc1ccc(C(F)(F)F)cc1.O=C(C(=O)C(F)(F)F)C(F)(F)F. The molecule has 3 N–H and O–H groups in total. The minimum Gasteiger partial charge on any atom is -0.380 e. The van der Waals surface area contributed by atoms with E-state index >= 15 is 0 Å². The van der Waals surface area contributed by atoms with E-state index < -0.39 is 47.3 Å². The van der Waals surface area contributed by atoms with Crippen LogP contribution in [0.15, 0.2) is 54.7 Å². The second-order valence-corrected chi connectivity index (χ2v) is 9.01. The van der Waals surface area contributed by atoms with Crippen LogP contribution in [0.2, 0.25) is 0 Å². The van der Waals surface area contributed by atoms with Gasteiger partial charge < -0.3 is 15.6 Å². The highest BCUT2D eigenvalue weighted by molar-refractivity contribution is 6.45. The number of H-pyrrole nitrogens is 1. The fraction of sp³-hybridized carbons (Fsp3) is 0.308. The van der Waals surface area contributed by atoms with Gasteiger partial charge in [-0.2, -0.15) is 39.5 Å². The van der Waals surface area contributed by atoms with Crippen LogP contribution in [0.5, 0.6) is 0 Å². The topological polar surface area (TPSA) is 108 Å². The first-order valence-electron chi connectivity index (χ1n) is 11.8. The Kier molecular flexibility index (Phi) is 10.5. The van der Waals surface area contributed by atoms with Crippen LogP contribution in [0.4, 0.5) is 45.2 Å². The fourth-order valence-corrected chi connectivity index (χ4v) is 3.34. The number of rotatable bonds is 8. The Morgan fingerprint density at radius 3 is 1.79 bits per heavy atom. The standard InChI is InChI=1S/C22H22F3N3O2.C4F6O2/c1-13(2)19(28-15-9-7-14(8-10-15)22(23,24)25)12-27-21(30)20(29)17-11-26-18-6-4-3-5-16(17)18;5-3(6,7)1(11)2(12)4(8,9)10/h3-11,13,19,26,28H,12H2,1-2H3,(H,27,30);/t19-;/m0./s1. The van der Waals surface area contributed by atoms with Gasteiger partial charge in [-0.1, -0.05) is 32.0 Å². The lowest BCUT2D eigenvalue weighted by Crippen LogP contribution is -2.42. The van der Waals surface area contributed by atoms with Crippen LogP contribution in [-0.2, 0) is 20.6 Å². The van der Waals surface area contributed by atoms with Crippen molar-refractivity contribution in [1.29, 1.82) is 0 Å². The average molecular weight is 611 g/mol. The van der Waals surface area contributed by atoms with Gasteiger partial charge in [-0.25, -0.2) is 0 Å². The molecule has 0 saturated carbocycles. The number of hydrogen-bond acceptors (Lipinski definition) is 5. The molecule has 2 aromatic carbocycles. The molecule has 1 atom stereocenters. The lowest BCUT2D eigenvalue weighted by molar-refractivity contribution is -0.193. The molecule has 0 spiro atoms. The normalized spacial score (nSPS) is 12.8. The summed E-state index contributed by atoms with van der Waals surface area (Å²) in [6, 6.07) is 11.6. The van der Waals surface area contributed by atoms with E-state index in [2.05, 4.69) is 15.6 Å². The van der Waals surface area contributed by atoms with Gasteiger partial charge in [0, 0.05) is 35.4 Å². The fourth-order valence-electron chi connectivity index (χ4n) is 3.34. The van der Waals surface area contributed by atoms with Crippen molar-refractivity contribution in [2.45, 2.75) is 38.4 Å². The summed E-state index contributed by atoms with van der Waals surface area (Å²) in [7, 11) is 0. The number of halogens is 9. The van der Waals surface area contributed by atoms with E-state index in [1.807, 2.05) is 26.0 Å². The van der Waals surface area contributed by atoms with E-state index in [1.54, 1.807) is 12.1 Å². The molecule has 0 aliphatic carbocycles. The molecule has 1 aromatic heterocycles. The summed E-state index contributed by atoms with van der Waals surface area (Å²) < 4.78 is 105. The summed E-state index contributed by atoms with van der Waals surface area (Å²) in [5.74, 6) is -8.15. The van der Waals surface area contributed by atoms with Crippen LogP contribution in [0.1, 0.15) is 29.8 Å². The summed E-state index contributed by atoms with van der Waals surface area (Å²) in [6.45, 7) is 3.97. The second kappa shape index (κ2) is 13.1. The number of Topliss-reactive ketones (excluding diaryl/α,β-unsaturated/α-hetero) is 3. The number of para-hydroxylation sites is 1. The first-order chi connectivity index (χ1) is 19.2. The van der Waals surface area contributed by atoms with Crippen LogP contribution in [-0.4, -0.2) is 53.2 Å². The van der Waals surface area contributed by atoms with Gasteiger partial charge >= 0.3 is 30.1 Å². The van der Waals surface area contributed by atoms with E-state index in [1.165, 1.54) is 18.3 Å². The zero-order valence-electron chi connectivity index (χ0n) is 21.6. The molecule has 1 heterocycles. The van der Waals surface area contributed by atoms with Gasteiger partial charge in [-0.15, -0.1) is 0 Å². The maximum atomic E-state index is 12.7. The number of amides is 1. The Labute approximate surface area is 231 Å². The van der Waals surface area contributed by atoms with Gasteiger partial charge in [0.1, 0.15) is 0 Å². The van der Waals surface area contributed by atoms with Crippen LogP contribution >= 0.6 is 0 Å². The number of fused-ring (bicyclic) bond motifs is 1. The predicted molar refractivity (Wildman–Crippen MR) is 131 cm³/mol. The Morgan fingerprint density at radius 2 is 1.31 bits per heavy atom. The average Bonchev–Trinajstić information content (AvgIpc) is 3.32. The third-order valence-electron chi connectivity index (χ3n) is 5.61. The lowest BCUT2D eigenvalue weighted by atomic mass is 10.0. The number of ketones is 3. The smallest absolute Gasteiger partial charge is 0.380 e. The maximum absolute atomic E-state index is 12.7. The van der Waals surface area contributed by atoms with E-state index in [9.17, 15) is 58.7 Å². The highest BCUT2D eigenvalue weighted by Crippen LogP contribution is 2.30. The lowest BCUT2D eigenvalue weighted by Gasteiger charge is -2.24. The second-order valence-electron chi connectivity index (χ2n) is 9.01. The van der Waals surface area contributed by atoms with Crippen molar-refractivity contribution < 1.29 is 58.7 Å². The van der Waals surface area contributed by atoms with Crippen molar-refractivity contribution in [1.82, 2.24) is 10.3 Å². The van der Waals surface area contributed by atoms with Crippen LogP contribution in [0.3, 0.4) is 0 Å². The first-order valence-corrected chi connectivity index (χ1v) is 11.8. The van der Waals surface area contributed by atoms with Gasteiger partial charge in [0.2, 0.25) is 0 Å². The minimum atomic E-state index is -5.77. The number of aromatic amines is 1. The third-order valence-corrected chi connectivity index (χ3v) is 5.61. The van der Waals surface area contributed by atoms with E-state index in [0.29, 0.717) is 16.6 Å². The van der Waals surface area contributed by atoms with Gasteiger partial charge in [0.25, 0.3) is 11.7 Å². The van der Waals surface area contributed by atoms with E-state index in [0.717, 1.165) is 17.6 Å². The van der Waals surface area contributed by atoms with Gasteiger partial charge in [-0.3, -0.25) is 19.2 Å². The van der Waals surface area contributed by atoms with Crippen LogP contribution < -0.4 is 10.6 Å². The van der Waals surface area contributed by atoms with Crippen molar-refractivity contribution >= 4 is 39.8 Å². The molecule has 0 saturated heterocycles. The minimum absolute atomic E-state index is 0.0517. The molecule has 0 radical (unpaired) electrons. The number of aromatic nitrogens is 1. The Balaban J connectivity index is 0.000000435. The quantitative estimate of drug-likeness (QED) is 0.168. The number of benzene rings is 2. The van der Waals surface area contributed by atoms with Gasteiger partial charge in [-0.05, 0) is 36.2 Å². The summed E-state index contributed by atoms with van der Waals surface area (Å²) >= 11 is 0. The number of hydrogen-bond donors (Lipinski definition) is 3.